The Morgan fingerprint density at radius 2 is 0.840 bits per heavy atom. The van der Waals surface area contributed by atoms with Crippen molar-refractivity contribution in [2.24, 2.45) is 0 Å². The summed E-state index contributed by atoms with van der Waals surface area (Å²) >= 11 is 0. The SMILES string of the molecule is CC[N-]CC.CC[N-]CC.CC[N-]CC.C[Si](C)(C)[c-]1cccc1.[Hf+4]. The molecule has 0 fully saturated rings. The molecular weight excluding hydrogens is 489 g/mol. The van der Waals surface area contributed by atoms with Gasteiger partial charge in [-0.1, -0.05) is 61.2 Å². The summed E-state index contributed by atoms with van der Waals surface area (Å²) in [5, 5.41) is 13.5. The molecule has 1 aromatic rings. The van der Waals surface area contributed by atoms with Crippen molar-refractivity contribution in [1.82, 2.24) is 0 Å². The van der Waals surface area contributed by atoms with Crippen LogP contribution >= 0.6 is 0 Å². The second-order valence-electron chi connectivity index (χ2n) is 5.99. The predicted molar refractivity (Wildman–Crippen MR) is 118 cm³/mol. The van der Waals surface area contributed by atoms with Gasteiger partial charge in [-0.2, -0.15) is 56.6 Å². The van der Waals surface area contributed by atoms with Gasteiger partial charge in [0.05, 0.1) is 0 Å². The largest absolute Gasteiger partial charge is 4.00 e. The minimum Gasteiger partial charge on any atom is -0.663 e. The van der Waals surface area contributed by atoms with Gasteiger partial charge in [-0.05, 0) is 0 Å². The molecule has 0 spiro atoms. The van der Waals surface area contributed by atoms with Gasteiger partial charge in [-0.15, -0.1) is 0 Å². The Morgan fingerprint density at radius 1 is 0.600 bits per heavy atom. The third-order valence-electron chi connectivity index (χ3n) is 2.87. The van der Waals surface area contributed by atoms with Gasteiger partial charge in [0.2, 0.25) is 0 Å². The third kappa shape index (κ3) is 32.5. The minimum absolute atomic E-state index is 0. The van der Waals surface area contributed by atoms with Crippen molar-refractivity contribution >= 4 is 13.3 Å². The fraction of sp³-hybridized carbons (Fsp3) is 0.750. The van der Waals surface area contributed by atoms with Gasteiger partial charge < -0.3 is 16.0 Å². The Kier molecular flexibility index (Phi) is 35.0. The normalized spacial score (nSPS) is 9.32. The number of hydrogen-bond acceptors (Lipinski definition) is 0. The van der Waals surface area contributed by atoms with Gasteiger partial charge >= 0.3 is 25.8 Å². The fourth-order valence-corrected chi connectivity index (χ4v) is 2.74. The Bertz CT molecular complexity index is 278. The molecule has 1 rings (SSSR count). The molecule has 0 aliphatic heterocycles. The van der Waals surface area contributed by atoms with Crippen LogP contribution in [-0.2, 0) is 25.8 Å². The van der Waals surface area contributed by atoms with E-state index in [0.717, 1.165) is 39.3 Å². The third-order valence-corrected chi connectivity index (χ3v) is 4.94. The van der Waals surface area contributed by atoms with E-state index in [4.69, 9.17) is 0 Å². The van der Waals surface area contributed by atoms with Crippen LogP contribution in [-0.4, -0.2) is 47.3 Å². The molecule has 0 unspecified atom stereocenters. The molecule has 0 atom stereocenters. The second-order valence-corrected chi connectivity index (χ2v) is 11.1. The van der Waals surface area contributed by atoms with Crippen molar-refractivity contribution in [3.05, 3.63) is 40.2 Å². The van der Waals surface area contributed by atoms with E-state index in [9.17, 15) is 0 Å². The Morgan fingerprint density at radius 3 is 0.920 bits per heavy atom. The summed E-state index contributed by atoms with van der Waals surface area (Å²) in [4.78, 5) is 0. The van der Waals surface area contributed by atoms with Crippen molar-refractivity contribution in [2.75, 3.05) is 39.3 Å². The van der Waals surface area contributed by atoms with Crippen LogP contribution in [0.15, 0.2) is 24.3 Å². The zero-order valence-corrected chi connectivity index (χ0v) is 23.0. The van der Waals surface area contributed by atoms with Crippen LogP contribution in [0.25, 0.3) is 16.0 Å². The molecule has 146 valence electrons. The van der Waals surface area contributed by atoms with Crippen molar-refractivity contribution in [2.45, 2.75) is 61.2 Å². The molecule has 1 aromatic carbocycles. The van der Waals surface area contributed by atoms with Crippen LogP contribution in [0.2, 0.25) is 19.6 Å². The molecule has 3 nitrogen and oxygen atoms in total. The van der Waals surface area contributed by atoms with Gasteiger partial charge in [-0.25, -0.2) is 12.1 Å². The van der Waals surface area contributed by atoms with Crippen LogP contribution in [0.1, 0.15) is 41.5 Å². The molecule has 0 saturated carbocycles. The van der Waals surface area contributed by atoms with Gasteiger partial charge in [0.1, 0.15) is 0 Å². The Labute approximate surface area is 179 Å². The summed E-state index contributed by atoms with van der Waals surface area (Å²) in [6.07, 6.45) is 0. The van der Waals surface area contributed by atoms with Crippen molar-refractivity contribution in [1.29, 1.82) is 0 Å². The van der Waals surface area contributed by atoms with Gasteiger partial charge in [0, 0.05) is 8.07 Å². The quantitative estimate of drug-likeness (QED) is 0.299. The summed E-state index contributed by atoms with van der Waals surface area (Å²) in [5.74, 6) is 0. The smallest absolute Gasteiger partial charge is 0.663 e. The molecule has 25 heavy (non-hydrogen) atoms. The maximum atomic E-state index is 3.97. The van der Waals surface area contributed by atoms with Crippen LogP contribution in [0.5, 0.6) is 0 Å². The zero-order chi connectivity index (χ0) is 19.3. The summed E-state index contributed by atoms with van der Waals surface area (Å²) < 4.78 is 0. The van der Waals surface area contributed by atoms with E-state index in [1.54, 1.807) is 5.19 Å². The molecule has 0 amide bonds. The van der Waals surface area contributed by atoms with Gasteiger partial charge in [0.15, 0.2) is 0 Å². The standard InChI is InChI=1S/C8H13Si.3C4H10N.Hf/c1-9(2,3)8-6-4-5-7-8;3*1-3-5-4-2;/h4-7H,1-3H3;3*3-4H2,1-2H3;/q4*-1;+4. The van der Waals surface area contributed by atoms with E-state index >= 15 is 0 Å². The van der Waals surface area contributed by atoms with Gasteiger partial charge in [-0.3, -0.25) is 0 Å². The maximum Gasteiger partial charge on any atom is 4.00 e. The summed E-state index contributed by atoms with van der Waals surface area (Å²) in [7, 11) is -0.981. The summed E-state index contributed by atoms with van der Waals surface area (Å²) in [6.45, 7) is 25.2. The minimum atomic E-state index is -0.981. The summed E-state index contributed by atoms with van der Waals surface area (Å²) in [5.41, 5.74) is 0. The van der Waals surface area contributed by atoms with Crippen LogP contribution in [0, 0.1) is 0 Å². The summed E-state index contributed by atoms with van der Waals surface area (Å²) in [6, 6.07) is 8.69. The predicted octanol–water partition coefficient (Wildman–Crippen LogP) is 6.15. The zero-order valence-electron chi connectivity index (χ0n) is 18.4. The topological polar surface area (TPSA) is 42.3 Å². The molecule has 0 radical (unpaired) electrons. The molecule has 0 aromatic heterocycles. The molecule has 0 aliphatic rings. The van der Waals surface area contributed by atoms with E-state index < -0.39 is 8.07 Å². The maximum absolute atomic E-state index is 3.97. The molecular formula is C20H43HfN3Si. The van der Waals surface area contributed by atoms with Crippen LogP contribution in [0.4, 0.5) is 0 Å². The van der Waals surface area contributed by atoms with Crippen LogP contribution < -0.4 is 5.19 Å². The first-order valence-corrected chi connectivity index (χ1v) is 13.0. The first-order valence-electron chi connectivity index (χ1n) is 9.47. The molecule has 0 heterocycles. The second kappa shape index (κ2) is 26.5. The molecule has 0 bridgehead atoms. The fourth-order valence-electron chi connectivity index (χ4n) is 1.54. The Hall–Kier alpha value is 0.317. The Balaban J connectivity index is -0.000000122. The van der Waals surface area contributed by atoms with E-state index in [-0.39, 0.29) is 25.8 Å². The van der Waals surface area contributed by atoms with Crippen molar-refractivity contribution < 1.29 is 25.8 Å². The average molecular weight is 532 g/mol. The van der Waals surface area contributed by atoms with Crippen molar-refractivity contribution in [3.8, 4) is 0 Å². The number of hydrogen-bond donors (Lipinski definition) is 0. The monoisotopic (exact) mass is 533 g/mol. The van der Waals surface area contributed by atoms with E-state index in [0.29, 0.717) is 0 Å². The van der Waals surface area contributed by atoms with E-state index in [2.05, 4.69) is 59.9 Å². The first kappa shape index (κ1) is 32.9. The number of rotatable bonds is 7. The van der Waals surface area contributed by atoms with Crippen LogP contribution in [0.3, 0.4) is 0 Å². The average Bonchev–Trinajstić information content (AvgIpc) is 3.06. The van der Waals surface area contributed by atoms with E-state index in [1.807, 2.05) is 41.5 Å². The molecule has 0 N–H and O–H groups in total. The van der Waals surface area contributed by atoms with Crippen molar-refractivity contribution in [3.63, 3.8) is 0 Å². The van der Waals surface area contributed by atoms with E-state index in [1.165, 1.54) is 0 Å². The molecule has 0 saturated heterocycles. The molecule has 0 aliphatic carbocycles. The number of nitrogens with zero attached hydrogens (tertiary/aromatic N) is 3. The van der Waals surface area contributed by atoms with Gasteiger partial charge in [0.25, 0.3) is 0 Å². The first-order chi connectivity index (χ1) is 11.3. The molecule has 5 heteroatoms.